The Labute approximate surface area is 202 Å². The Balaban J connectivity index is 1.43. The number of ketones is 1. The number of amides is 1. The second-order valence-electron chi connectivity index (χ2n) is 8.67. The monoisotopic (exact) mass is 477 g/mol. The van der Waals surface area contributed by atoms with E-state index in [2.05, 4.69) is 56.2 Å². The Bertz CT molecular complexity index is 1220. The standard InChI is InChI=1S/C25H27N5O3S/c1-16-6-9-19(10-7-16)30-24(29-12-4-3-5-13-29)27-28-25(30)34-17(2)23(32)18-8-11-21-20(14-18)26-22(31)15-33-21/h6-11,14,17H,3-5,12-13,15H2,1-2H3,(H,26,31). The number of carbonyl (C=O) groups is 2. The van der Waals surface area contributed by atoms with Crippen LogP contribution in [0.3, 0.4) is 0 Å². The summed E-state index contributed by atoms with van der Waals surface area (Å²) < 4.78 is 7.46. The maximum Gasteiger partial charge on any atom is 0.262 e. The molecular formula is C25H27N5O3S. The number of ether oxygens (including phenoxy) is 1. The van der Waals surface area contributed by atoms with Gasteiger partial charge in [-0.25, -0.2) is 0 Å². The van der Waals surface area contributed by atoms with Gasteiger partial charge >= 0.3 is 0 Å². The maximum atomic E-state index is 13.3. The van der Waals surface area contributed by atoms with Crippen LogP contribution in [0, 0.1) is 6.92 Å². The van der Waals surface area contributed by atoms with Crippen molar-refractivity contribution in [3.05, 3.63) is 53.6 Å². The fraction of sp³-hybridized carbons (Fsp3) is 0.360. The van der Waals surface area contributed by atoms with Gasteiger partial charge in [0.25, 0.3) is 5.91 Å². The lowest BCUT2D eigenvalue weighted by Crippen LogP contribution is -2.31. The fourth-order valence-electron chi connectivity index (χ4n) is 4.24. The molecule has 1 saturated heterocycles. The summed E-state index contributed by atoms with van der Waals surface area (Å²) in [5.41, 5.74) is 3.20. The molecule has 176 valence electrons. The number of rotatable bonds is 6. The first-order valence-corrected chi connectivity index (χ1v) is 12.4. The first-order chi connectivity index (χ1) is 16.5. The zero-order valence-corrected chi connectivity index (χ0v) is 20.1. The summed E-state index contributed by atoms with van der Waals surface area (Å²) in [4.78, 5) is 27.2. The fourth-order valence-corrected chi connectivity index (χ4v) is 5.18. The summed E-state index contributed by atoms with van der Waals surface area (Å²) in [5, 5.41) is 12.1. The molecule has 34 heavy (non-hydrogen) atoms. The minimum absolute atomic E-state index is 0.0133. The maximum absolute atomic E-state index is 13.3. The van der Waals surface area contributed by atoms with Gasteiger partial charge < -0.3 is 15.0 Å². The van der Waals surface area contributed by atoms with Crippen molar-refractivity contribution in [2.45, 2.75) is 43.5 Å². The lowest BCUT2D eigenvalue weighted by molar-refractivity contribution is -0.118. The number of thioether (sulfide) groups is 1. The number of aromatic nitrogens is 3. The Kier molecular flexibility index (Phi) is 6.28. The number of aryl methyl sites for hydroxylation is 1. The molecule has 1 amide bonds. The molecule has 1 unspecified atom stereocenters. The highest BCUT2D eigenvalue weighted by atomic mass is 32.2. The third-order valence-corrected chi connectivity index (χ3v) is 7.14. The van der Waals surface area contributed by atoms with Gasteiger partial charge in [-0.3, -0.25) is 14.2 Å². The molecule has 2 aliphatic heterocycles. The zero-order valence-electron chi connectivity index (χ0n) is 19.3. The number of benzene rings is 2. The molecule has 0 aliphatic carbocycles. The van der Waals surface area contributed by atoms with Crippen molar-refractivity contribution in [2.24, 2.45) is 0 Å². The number of piperidine rings is 1. The number of fused-ring (bicyclic) bond motifs is 1. The van der Waals surface area contributed by atoms with Crippen LogP contribution in [0.25, 0.3) is 5.69 Å². The largest absolute Gasteiger partial charge is 0.482 e. The van der Waals surface area contributed by atoms with Gasteiger partial charge in [0.15, 0.2) is 17.5 Å². The van der Waals surface area contributed by atoms with E-state index >= 15 is 0 Å². The minimum Gasteiger partial charge on any atom is -0.482 e. The highest BCUT2D eigenvalue weighted by molar-refractivity contribution is 8.00. The van der Waals surface area contributed by atoms with Gasteiger partial charge in [-0.1, -0.05) is 29.5 Å². The molecular weight excluding hydrogens is 450 g/mol. The lowest BCUT2D eigenvalue weighted by atomic mass is 10.1. The third-order valence-electron chi connectivity index (χ3n) is 6.10. The third kappa shape index (κ3) is 4.52. The molecule has 9 heteroatoms. The quantitative estimate of drug-likeness (QED) is 0.419. The second kappa shape index (κ2) is 9.50. The van der Waals surface area contributed by atoms with Crippen LogP contribution >= 0.6 is 11.8 Å². The number of Topliss-reactive ketones (excluding diaryl/α,β-unsaturated/α-hetero) is 1. The molecule has 1 N–H and O–H groups in total. The van der Waals surface area contributed by atoms with Crippen molar-refractivity contribution >= 4 is 35.1 Å². The number of carbonyl (C=O) groups excluding carboxylic acids is 2. The molecule has 3 aromatic rings. The number of hydrogen-bond donors (Lipinski definition) is 1. The Morgan fingerprint density at radius 3 is 2.62 bits per heavy atom. The molecule has 3 heterocycles. The Hall–Kier alpha value is -3.33. The highest BCUT2D eigenvalue weighted by Gasteiger charge is 2.26. The van der Waals surface area contributed by atoms with E-state index < -0.39 is 5.25 Å². The van der Waals surface area contributed by atoms with E-state index in [1.54, 1.807) is 18.2 Å². The molecule has 0 bridgehead atoms. The molecule has 1 fully saturated rings. The number of hydrogen-bond acceptors (Lipinski definition) is 7. The van der Waals surface area contributed by atoms with Crippen LogP contribution < -0.4 is 15.0 Å². The van der Waals surface area contributed by atoms with Crippen molar-refractivity contribution in [3.63, 3.8) is 0 Å². The molecule has 5 rings (SSSR count). The molecule has 1 aromatic heterocycles. The van der Waals surface area contributed by atoms with Crippen molar-refractivity contribution in [2.75, 3.05) is 29.9 Å². The van der Waals surface area contributed by atoms with Crippen LogP contribution in [0.5, 0.6) is 5.75 Å². The van der Waals surface area contributed by atoms with E-state index in [1.807, 2.05) is 6.92 Å². The second-order valence-corrected chi connectivity index (χ2v) is 9.98. The van der Waals surface area contributed by atoms with Crippen molar-refractivity contribution in [1.29, 1.82) is 0 Å². The predicted octanol–water partition coefficient (Wildman–Crippen LogP) is 4.26. The van der Waals surface area contributed by atoms with Crippen LogP contribution in [-0.2, 0) is 4.79 Å². The first-order valence-electron chi connectivity index (χ1n) is 11.5. The van der Waals surface area contributed by atoms with Crippen LogP contribution in [0.1, 0.15) is 42.1 Å². The van der Waals surface area contributed by atoms with Gasteiger partial charge in [0, 0.05) is 18.7 Å². The van der Waals surface area contributed by atoms with E-state index in [4.69, 9.17) is 4.74 Å². The first kappa shape index (κ1) is 22.5. The van der Waals surface area contributed by atoms with Gasteiger partial charge in [-0.2, -0.15) is 0 Å². The van der Waals surface area contributed by atoms with Gasteiger partial charge in [0.1, 0.15) is 5.75 Å². The molecule has 0 saturated carbocycles. The summed E-state index contributed by atoms with van der Waals surface area (Å²) >= 11 is 1.39. The molecule has 0 radical (unpaired) electrons. The van der Waals surface area contributed by atoms with Crippen LogP contribution in [0.2, 0.25) is 0 Å². The summed E-state index contributed by atoms with van der Waals surface area (Å²) in [7, 11) is 0. The van der Waals surface area contributed by atoms with Gasteiger partial charge in [-0.05, 0) is 63.4 Å². The number of nitrogens with zero attached hydrogens (tertiary/aromatic N) is 4. The molecule has 1 atom stereocenters. The minimum atomic E-state index is -0.402. The average Bonchev–Trinajstić information content (AvgIpc) is 3.27. The van der Waals surface area contributed by atoms with Crippen LogP contribution in [0.15, 0.2) is 47.6 Å². The van der Waals surface area contributed by atoms with E-state index in [9.17, 15) is 9.59 Å². The van der Waals surface area contributed by atoms with E-state index in [-0.39, 0.29) is 18.3 Å². The van der Waals surface area contributed by atoms with Gasteiger partial charge in [0.05, 0.1) is 16.6 Å². The van der Waals surface area contributed by atoms with Gasteiger partial charge in [-0.15, -0.1) is 10.2 Å². The van der Waals surface area contributed by atoms with Crippen molar-refractivity contribution in [3.8, 4) is 11.4 Å². The number of anilines is 2. The molecule has 0 spiro atoms. The van der Waals surface area contributed by atoms with E-state index in [0.717, 1.165) is 37.6 Å². The SMILES string of the molecule is Cc1ccc(-n2c(SC(C)C(=O)c3ccc4c(c3)NC(=O)CO4)nnc2N2CCCCC2)cc1. The summed E-state index contributed by atoms with van der Waals surface area (Å²) in [6, 6.07) is 13.4. The average molecular weight is 478 g/mol. The molecule has 2 aromatic carbocycles. The Morgan fingerprint density at radius 1 is 1.09 bits per heavy atom. The van der Waals surface area contributed by atoms with Crippen LogP contribution in [0.4, 0.5) is 11.6 Å². The Morgan fingerprint density at radius 2 is 1.85 bits per heavy atom. The smallest absolute Gasteiger partial charge is 0.262 e. The summed E-state index contributed by atoms with van der Waals surface area (Å²) in [6.45, 7) is 5.82. The summed E-state index contributed by atoms with van der Waals surface area (Å²) in [5.74, 6) is 1.11. The molecule has 8 nitrogen and oxygen atoms in total. The van der Waals surface area contributed by atoms with Crippen LogP contribution in [-0.4, -0.2) is 51.4 Å². The lowest BCUT2D eigenvalue weighted by Gasteiger charge is -2.28. The zero-order chi connectivity index (χ0) is 23.7. The van der Waals surface area contributed by atoms with Crippen molar-refractivity contribution in [1.82, 2.24) is 14.8 Å². The normalized spacial score (nSPS) is 16.4. The van der Waals surface area contributed by atoms with Gasteiger partial charge in [0.2, 0.25) is 5.95 Å². The predicted molar refractivity (Wildman–Crippen MR) is 132 cm³/mol. The number of nitrogens with one attached hydrogen (secondary N) is 1. The van der Waals surface area contributed by atoms with E-state index in [0.29, 0.717) is 22.2 Å². The summed E-state index contributed by atoms with van der Waals surface area (Å²) in [6.07, 6.45) is 3.50. The topological polar surface area (TPSA) is 89.3 Å². The molecule has 2 aliphatic rings. The van der Waals surface area contributed by atoms with E-state index in [1.165, 1.54) is 23.7 Å². The highest BCUT2D eigenvalue weighted by Crippen LogP contribution is 2.33. The van der Waals surface area contributed by atoms with Crippen molar-refractivity contribution < 1.29 is 14.3 Å².